The first-order valence-electron chi connectivity index (χ1n) is 9.48. The second kappa shape index (κ2) is 7.35. The molecule has 6 nitrogen and oxygen atoms in total. The lowest BCUT2D eigenvalue weighted by atomic mass is 9.83. The van der Waals surface area contributed by atoms with Gasteiger partial charge < -0.3 is 19.1 Å². The minimum Gasteiger partial charge on any atom is -0.492 e. The summed E-state index contributed by atoms with van der Waals surface area (Å²) >= 11 is 6.45. The Morgan fingerprint density at radius 1 is 1.31 bits per heavy atom. The molecule has 7 heteroatoms. The highest BCUT2D eigenvalue weighted by Crippen LogP contribution is 2.51. The number of nitrogens with zero attached hydrogens (tertiary/aromatic N) is 1. The van der Waals surface area contributed by atoms with E-state index in [1.54, 1.807) is 13.2 Å². The molecule has 0 spiro atoms. The summed E-state index contributed by atoms with van der Waals surface area (Å²) in [4.78, 5) is 23.9. The summed E-state index contributed by atoms with van der Waals surface area (Å²) in [7, 11) is 1.65. The van der Waals surface area contributed by atoms with E-state index in [0.717, 1.165) is 17.5 Å². The molecule has 1 aromatic heterocycles. The van der Waals surface area contributed by atoms with E-state index in [1.807, 2.05) is 10.6 Å². The minimum atomic E-state index is -1.22. The van der Waals surface area contributed by atoms with Crippen molar-refractivity contribution in [3.05, 3.63) is 62.9 Å². The lowest BCUT2D eigenvalue weighted by molar-refractivity contribution is 0.0694. The van der Waals surface area contributed by atoms with Crippen molar-refractivity contribution < 1.29 is 19.4 Å². The number of hydrogen-bond acceptors (Lipinski definition) is 4. The van der Waals surface area contributed by atoms with Crippen LogP contribution < -0.4 is 10.2 Å². The molecule has 1 aliphatic heterocycles. The van der Waals surface area contributed by atoms with Crippen LogP contribution in [0.25, 0.3) is 11.3 Å². The molecule has 2 aromatic rings. The largest absolute Gasteiger partial charge is 0.492 e. The van der Waals surface area contributed by atoms with E-state index in [1.165, 1.54) is 12.3 Å². The molecule has 1 unspecified atom stereocenters. The van der Waals surface area contributed by atoms with Crippen LogP contribution >= 0.6 is 11.6 Å². The summed E-state index contributed by atoms with van der Waals surface area (Å²) in [5.74, 6) is -0.617. The smallest absolute Gasteiger partial charge is 0.341 e. The molecular formula is C22H22ClNO5. The molecular weight excluding hydrogens is 394 g/mol. The molecule has 1 aromatic carbocycles. The van der Waals surface area contributed by atoms with Gasteiger partial charge >= 0.3 is 5.97 Å². The third-order valence-electron chi connectivity index (χ3n) is 5.65. The number of ether oxygens (including phenoxy) is 2. The number of aromatic carboxylic acids is 1. The van der Waals surface area contributed by atoms with Gasteiger partial charge in [0.1, 0.15) is 11.3 Å². The average Bonchev–Trinajstić information content (AvgIpc) is 3.43. The van der Waals surface area contributed by atoms with Crippen molar-refractivity contribution in [2.75, 3.05) is 20.3 Å². The topological polar surface area (TPSA) is 77.8 Å². The fourth-order valence-electron chi connectivity index (χ4n) is 3.86. The van der Waals surface area contributed by atoms with Gasteiger partial charge in [0.15, 0.2) is 5.43 Å². The maximum atomic E-state index is 12.4. The zero-order chi connectivity index (χ0) is 20.8. The number of aromatic nitrogens is 1. The van der Waals surface area contributed by atoms with Gasteiger partial charge in [-0.15, -0.1) is 0 Å². The van der Waals surface area contributed by atoms with Crippen LogP contribution in [0.3, 0.4) is 0 Å². The molecule has 1 N–H and O–H groups in total. The van der Waals surface area contributed by atoms with Crippen LogP contribution in [0.5, 0.6) is 5.75 Å². The molecule has 0 fully saturated rings. The summed E-state index contributed by atoms with van der Waals surface area (Å²) in [6.45, 7) is 3.20. The molecule has 0 saturated heterocycles. The van der Waals surface area contributed by atoms with E-state index in [0.29, 0.717) is 36.1 Å². The van der Waals surface area contributed by atoms with Gasteiger partial charge in [-0.1, -0.05) is 30.7 Å². The molecule has 2 aliphatic rings. The molecule has 1 aliphatic carbocycles. The van der Waals surface area contributed by atoms with Gasteiger partial charge in [0.2, 0.25) is 0 Å². The maximum Gasteiger partial charge on any atom is 0.341 e. The SMILES string of the molecule is COCCCOc1cc2c(cc1Cl)-c1cc(=O)c(C(=O)O)cn1C(C1(C)C=C1)C2. The number of rotatable bonds is 7. The third-order valence-corrected chi connectivity index (χ3v) is 5.95. The highest BCUT2D eigenvalue weighted by atomic mass is 35.5. The van der Waals surface area contributed by atoms with Crippen LogP contribution in [0.1, 0.15) is 35.3 Å². The minimum absolute atomic E-state index is 0.0220. The molecule has 4 rings (SSSR count). The Morgan fingerprint density at radius 2 is 2.07 bits per heavy atom. The van der Waals surface area contributed by atoms with Crippen LogP contribution in [0, 0.1) is 5.41 Å². The second-order valence-electron chi connectivity index (χ2n) is 7.70. The quantitative estimate of drug-likeness (QED) is 0.547. The van der Waals surface area contributed by atoms with Crippen molar-refractivity contribution in [1.29, 1.82) is 0 Å². The van der Waals surface area contributed by atoms with Crippen molar-refractivity contribution in [1.82, 2.24) is 4.57 Å². The van der Waals surface area contributed by atoms with Gasteiger partial charge in [-0.05, 0) is 24.1 Å². The van der Waals surface area contributed by atoms with Crippen molar-refractivity contribution in [3.63, 3.8) is 0 Å². The number of fused-ring (bicyclic) bond motifs is 3. The fourth-order valence-corrected chi connectivity index (χ4v) is 4.08. The number of allylic oxidation sites excluding steroid dienone is 2. The van der Waals surface area contributed by atoms with E-state index in [4.69, 9.17) is 21.1 Å². The Kier molecular flexibility index (Phi) is 5.00. The van der Waals surface area contributed by atoms with E-state index < -0.39 is 11.4 Å². The van der Waals surface area contributed by atoms with Crippen molar-refractivity contribution in [2.45, 2.75) is 25.8 Å². The Balaban J connectivity index is 1.79. The first-order chi connectivity index (χ1) is 13.8. The monoisotopic (exact) mass is 415 g/mol. The summed E-state index contributed by atoms with van der Waals surface area (Å²) in [5.41, 5.74) is 1.63. The Labute approximate surface area is 173 Å². The molecule has 1 atom stereocenters. The number of pyridine rings is 1. The number of carboxylic acids is 1. The maximum absolute atomic E-state index is 12.4. The zero-order valence-electron chi connectivity index (χ0n) is 16.3. The van der Waals surface area contributed by atoms with Gasteiger partial charge in [0.25, 0.3) is 0 Å². The van der Waals surface area contributed by atoms with Gasteiger partial charge in [0.05, 0.1) is 17.3 Å². The summed E-state index contributed by atoms with van der Waals surface area (Å²) in [6.07, 6.45) is 7.10. The normalized spacial score (nSPS) is 18.1. The average molecular weight is 416 g/mol. The van der Waals surface area contributed by atoms with E-state index in [2.05, 4.69) is 19.1 Å². The molecule has 0 radical (unpaired) electrons. The van der Waals surface area contributed by atoms with Crippen LogP contribution in [-0.4, -0.2) is 36.0 Å². The molecule has 0 bridgehead atoms. The number of carbonyl (C=O) groups is 1. The van der Waals surface area contributed by atoms with Crippen molar-refractivity contribution in [3.8, 4) is 17.0 Å². The molecule has 2 heterocycles. The molecule has 152 valence electrons. The first kappa shape index (κ1) is 19.7. The Bertz CT molecular complexity index is 1070. The first-order valence-corrected chi connectivity index (χ1v) is 9.86. The van der Waals surface area contributed by atoms with Crippen LogP contribution in [0.4, 0.5) is 0 Å². The van der Waals surface area contributed by atoms with Gasteiger partial charge in [0, 0.05) is 49.4 Å². The third kappa shape index (κ3) is 3.58. The summed E-state index contributed by atoms with van der Waals surface area (Å²) in [6, 6.07) is 5.11. The zero-order valence-corrected chi connectivity index (χ0v) is 17.0. The molecule has 29 heavy (non-hydrogen) atoms. The van der Waals surface area contributed by atoms with Crippen LogP contribution in [0.15, 0.2) is 41.3 Å². The van der Waals surface area contributed by atoms with Gasteiger partial charge in [-0.25, -0.2) is 4.79 Å². The summed E-state index contributed by atoms with van der Waals surface area (Å²) in [5, 5.41) is 9.85. The van der Waals surface area contributed by atoms with Gasteiger partial charge in [-0.2, -0.15) is 0 Å². The second-order valence-corrected chi connectivity index (χ2v) is 8.11. The van der Waals surface area contributed by atoms with Crippen LogP contribution in [-0.2, 0) is 11.2 Å². The lowest BCUT2D eigenvalue weighted by Gasteiger charge is -2.35. The van der Waals surface area contributed by atoms with Crippen molar-refractivity contribution >= 4 is 17.6 Å². The van der Waals surface area contributed by atoms with Crippen molar-refractivity contribution in [2.24, 2.45) is 5.41 Å². The van der Waals surface area contributed by atoms with Crippen LogP contribution in [0.2, 0.25) is 5.02 Å². The Hall–Kier alpha value is -2.57. The number of hydrogen-bond donors (Lipinski definition) is 1. The highest BCUT2D eigenvalue weighted by Gasteiger charge is 2.42. The van der Waals surface area contributed by atoms with Gasteiger partial charge in [-0.3, -0.25) is 4.79 Å². The van der Waals surface area contributed by atoms with E-state index >= 15 is 0 Å². The fraction of sp³-hybridized carbons (Fsp3) is 0.364. The number of methoxy groups -OCH3 is 1. The summed E-state index contributed by atoms with van der Waals surface area (Å²) < 4.78 is 12.8. The lowest BCUT2D eigenvalue weighted by Crippen LogP contribution is -2.30. The highest BCUT2D eigenvalue weighted by molar-refractivity contribution is 6.32. The number of benzene rings is 1. The number of carboxylic acid groups (broad SMARTS) is 1. The number of halogens is 1. The predicted molar refractivity (Wildman–Crippen MR) is 110 cm³/mol. The van der Waals surface area contributed by atoms with E-state index in [9.17, 15) is 14.7 Å². The standard InChI is InChI=1S/C22H22ClNO5/c1-22(4-5-22)20-9-13-8-19(29-7-3-6-28-2)16(23)10-14(13)17-11-18(25)15(21(26)27)12-24(17)20/h4-5,8,10-12,20H,3,6-7,9H2,1-2H3,(H,26,27). The predicted octanol–water partition coefficient (Wildman–Crippen LogP) is 3.96. The Morgan fingerprint density at radius 3 is 2.72 bits per heavy atom. The molecule has 0 amide bonds. The molecule has 0 saturated carbocycles. The van der Waals surface area contributed by atoms with E-state index in [-0.39, 0.29) is 17.0 Å².